The molecule has 1 heterocycles. The van der Waals surface area contributed by atoms with E-state index in [1.807, 2.05) is 6.92 Å². The molecule has 1 aromatic heterocycles. The highest BCUT2D eigenvalue weighted by atomic mass is 35.5. The average Bonchev–Trinajstić information content (AvgIpc) is 2.89. The summed E-state index contributed by atoms with van der Waals surface area (Å²) in [4.78, 5) is 0. The smallest absolute Gasteiger partial charge is 0.249 e. The van der Waals surface area contributed by atoms with Gasteiger partial charge in [-0.25, -0.2) is 4.39 Å². The van der Waals surface area contributed by atoms with Crippen LogP contribution in [-0.2, 0) is 0 Å². The summed E-state index contributed by atoms with van der Waals surface area (Å²) in [6.07, 6.45) is 1.88. The van der Waals surface area contributed by atoms with Crippen LogP contribution in [0.3, 0.4) is 0 Å². The first-order valence-corrected chi connectivity index (χ1v) is 7.05. The summed E-state index contributed by atoms with van der Waals surface area (Å²) in [6.45, 7) is 5.02. The summed E-state index contributed by atoms with van der Waals surface area (Å²) < 4.78 is 18.7. The van der Waals surface area contributed by atoms with Crippen LogP contribution in [0.15, 0.2) is 22.6 Å². The van der Waals surface area contributed by atoms with Crippen LogP contribution in [0.1, 0.15) is 38.6 Å². The third-order valence-electron chi connectivity index (χ3n) is 2.95. The number of hydrogen-bond donors (Lipinski definition) is 1. The number of rotatable bonds is 6. The van der Waals surface area contributed by atoms with E-state index in [9.17, 15) is 4.39 Å². The van der Waals surface area contributed by atoms with Crippen molar-refractivity contribution in [2.45, 2.75) is 32.7 Å². The highest BCUT2D eigenvalue weighted by Gasteiger charge is 2.18. The Bertz CT molecular complexity index is 573. The summed E-state index contributed by atoms with van der Waals surface area (Å²) in [5, 5.41) is 11.6. The average molecular weight is 298 g/mol. The van der Waals surface area contributed by atoms with Crippen LogP contribution in [0.2, 0.25) is 5.02 Å². The second-order valence-corrected chi connectivity index (χ2v) is 4.89. The van der Waals surface area contributed by atoms with Crippen LogP contribution in [-0.4, -0.2) is 16.7 Å². The van der Waals surface area contributed by atoms with Gasteiger partial charge in [-0.05, 0) is 37.6 Å². The summed E-state index contributed by atoms with van der Waals surface area (Å²) >= 11 is 5.99. The first-order valence-electron chi connectivity index (χ1n) is 6.67. The molecule has 0 aliphatic carbocycles. The maximum atomic E-state index is 13.0. The zero-order valence-corrected chi connectivity index (χ0v) is 12.2. The molecule has 0 aliphatic rings. The molecule has 4 nitrogen and oxygen atoms in total. The number of hydrogen-bond acceptors (Lipinski definition) is 4. The molecule has 0 radical (unpaired) electrons. The standard InChI is InChI=1S/C14H17ClFN3O/c1-3-7-17-12(4-2)14-19-18-13(20-14)10-6-5-9(16)8-11(10)15/h5-6,8,12,17H,3-4,7H2,1-2H3. The van der Waals surface area contributed by atoms with Crippen molar-refractivity contribution < 1.29 is 8.81 Å². The predicted octanol–water partition coefficient (Wildman–Crippen LogP) is 3.98. The van der Waals surface area contributed by atoms with Gasteiger partial charge in [0, 0.05) is 0 Å². The molecule has 1 atom stereocenters. The Morgan fingerprint density at radius 2 is 2.15 bits per heavy atom. The van der Waals surface area contributed by atoms with Crippen molar-refractivity contribution >= 4 is 11.6 Å². The molecule has 1 N–H and O–H groups in total. The number of nitrogens with one attached hydrogen (secondary N) is 1. The number of aromatic nitrogens is 2. The lowest BCUT2D eigenvalue weighted by Crippen LogP contribution is -2.21. The van der Waals surface area contributed by atoms with E-state index < -0.39 is 5.82 Å². The molecule has 0 saturated carbocycles. The normalized spacial score (nSPS) is 12.6. The van der Waals surface area contributed by atoms with Crippen LogP contribution in [0.4, 0.5) is 4.39 Å². The third-order valence-corrected chi connectivity index (χ3v) is 3.26. The first-order chi connectivity index (χ1) is 9.65. The second kappa shape index (κ2) is 6.81. The van der Waals surface area contributed by atoms with Crippen molar-refractivity contribution in [3.05, 3.63) is 34.9 Å². The highest BCUT2D eigenvalue weighted by molar-refractivity contribution is 6.33. The van der Waals surface area contributed by atoms with Gasteiger partial charge >= 0.3 is 0 Å². The van der Waals surface area contributed by atoms with Gasteiger partial charge < -0.3 is 9.73 Å². The van der Waals surface area contributed by atoms with E-state index in [1.54, 1.807) is 0 Å². The molecular formula is C14H17ClFN3O. The van der Waals surface area contributed by atoms with Gasteiger partial charge in [-0.1, -0.05) is 25.4 Å². The van der Waals surface area contributed by atoms with Gasteiger partial charge in [0.2, 0.25) is 11.8 Å². The van der Waals surface area contributed by atoms with Crippen LogP contribution in [0.5, 0.6) is 0 Å². The summed E-state index contributed by atoms with van der Waals surface area (Å²) in [7, 11) is 0. The number of halogens is 2. The van der Waals surface area contributed by atoms with Gasteiger partial charge in [0.05, 0.1) is 16.6 Å². The summed E-state index contributed by atoms with van der Waals surface area (Å²) in [5.41, 5.74) is 0.539. The Morgan fingerprint density at radius 1 is 1.35 bits per heavy atom. The van der Waals surface area contributed by atoms with Crippen LogP contribution >= 0.6 is 11.6 Å². The molecule has 0 aliphatic heterocycles. The zero-order valence-electron chi connectivity index (χ0n) is 11.5. The van der Waals surface area contributed by atoms with Gasteiger partial charge in [-0.3, -0.25) is 0 Å². The monoisotopic (exact) mass is 297 g/mol. The van der Waals surface area contributed by atoms with E-state index >= 15 is 0 Å². The van der Waals surface area contributed by atoms with Crippen LogP contribution in [0.25, 0.3) is 11.5 Å². The summed E-state index contributed by atoms with van der Waals surface area (Å²) in [5.74, 6) is 0.438. The Balaban J connectivity index is 2.23. The van der Waals surface area contributed by atoms with Crippen LogP contribution in [0, 0.1) is 5.82 Å². The minimum Gasteiger partial charge on any atom is -0.419 e. The second-order valence-electron chi connectivity index (χ2n) is 4.48. The maximum Gasteiger partial charge on any atom is 0.249 e. The van der Waals surface area contributed by atoms with Gasteiger partial charge in [-0.2, -0.15) is 0 Å². The van der Waals surface area contributed by atoms with E-state index in [1.165, 1.54) is 18.2 Å². The minimum atomic E-state index is -0.394. The maximum absolute atomic E-state index is 13.0. The molecule has 2 rings (SSSR count). The molecule has 0 fully saturated rings. The quantitative estimate of drug-likeness (QED) is 0.876. The molecule has 0 saturated heterocycles. The van der Waals surface area contributed by atoms with Crippen molar-refractivity contribution in [2.24, 2.45) is 0 Å². The lowest BCUT2D eigenvalue weighted by atomic mass is 10.2. The van der Waals surface area contributed by atoms with Crippen molar-refractivity contribution in [2.75, 3.05) is 6.54 Å². The molecule has 1 aromatic carbocycles. The fourth-order valence-electron chi connectivity index (χ4n) is 1.87. The number of benzene rings is 1. The fourth-order valence-corrected chi connectivity index (χ4v) is 2.12. The first kappa shape index (κ1) is 14.9. The molecular weight excluding hydrogens is 281 g/mol. The van der Waals surface area contributed by atoms with Crippen LogP contribution < -0.4 is 5.32 Å². The minimum absolute atomic E-state index is 0.0235. The Kier molecular flexibility index (Phi) is 5.09. The summed E-state index contributed by atoms with van der Waals surface area (Å²) in [6, 6.07) is 4.11. The molecule has 2 aromatic rings. The van der Waals surface area contributed by atoms with E-state index in [0.717, 1.165) is 19.4 Å². The molecule has 20 heavy (non-hydrogen) atoms. The van der Waals surface area contributed by atoms with Crippen molar-refractivity contribution in [1.29, 1.82) is 0 Å². The van der Waals surface area contributed by atoms with Crippen molar-refractivity contribution in [3.63, 3.8) is 0 Å². The number of nitrogens with zero attached hydrogens (tertiary/aromatic N) is 2. The van der Waals surface area contributed by atoms with Gasteiger partial charge in [-0.15, -0.1) is 10.2 Å². The Labute approximate surface area is 122 Å². The molecule has 0 bridgehead atoms. The lowest BCUT2D eigenvalue weighted by molar-refractivity contribution is 0.396. The molecule has 6 heteroatoms. The zero-order chi connectivity index (χ0) is 14.5. The SMILES string of the molecule is CCCNC(CC)c1nnc(-c2ccc(F)cc2Cl)o1. The lowest BCUT2D eigenvalue weighted by Gasteiger charge is -2.11. The van der Waals surface area contributed by atoms with Crippen molar-refractivity contribution in [1.82, 2.24) is 15.5 Å². The molecule has 0 spiro atoms. The highest BCUT2D eigenvalue weighted by Crippen LogP contribution is 2.28. The van der Waals surface area contributed by atoms with Gasteiger partial charge in [0.25, 0.3) is 0 Å². The topological polar surface area (TPSA) is 51.0 Å². The van der Waals surface area contributed by atoms with E-state index in [4.69, 9.17) is 16.0 Å². The Morgan fingerprint density at radius 3 is 2.80 bits per heavy atom. The third kappa shape index (κ3) is 3.35. The van der Waals surface area contributed by atoms with E-state index in [-0.39, 0.29) is 11.1 Å². The fraction of sp³-hybridized carbons (Fsp3) is 0.429. The molecule has 1 unspecified atom stereocenters. The van der Waals surface area contributed by atoms with E-state index in [0.29, 0.717) is 17.3 Å². The van der Waals surface area contributed by atoms with Gasteiger partial charge in [0.15, 0.2) is 0 Å². The molecule has 0 amide bonds. The predicted molar refractivity (Wildman–Crippen MR) is 76.0 cm³/mol. The van der Waals surface area contributed by atoms with Crippen molar-refractivity contribution in [3.8, 4) is 11.5 Å². The largest absolute Gasteiger partial charge is 0.419 e. The Hall–Kier alpha value is -1.46. The molecule has 108 valence electrons. The van der Waals surface area contributed by atoms with Gasteiger partial charge in [0.1, 0.15) is 5.82 Å². The van der Waals surface area contributed by atoms with E-state index in [2.05, 4.69) is 22.4 Å².